The molecule has 0 bridgehead atoms. The Kier molecular flexibility index (Phi) is 6.83. The fourth-order valence-electron chi connectivity index (χ4n) is 3.50. The van der Waals surface area contributed by atoms with Gasteiger partial charge in [-0.25, -0.2) is 0 Å². The maximum absolute atomic E-state index is 12.2. The summed E-state index contributed by atoms with van der Waals surface area (Å²) in [5, 5.41) is 3.01. The molecule has 1 heterocycles. The summed E-state index contributed by atoms with van der Waals surface area (Å²) < 4.78 is 1.07. The standard InChI is InChI=1S/C21H26BrN3O/c1-17-15-19(7-8-20(17)22)23-21(26)9-10-24-11-13-25(14-12-24)16-18-5-3-2-4-6-18/h2-8,15H,9-14,16H2,1H3,(H,23,26)/p+2. The normalized spacial score (nSPS) is 19.9. The molecule has 0 atom stereocenters. The van der Waals surface area contributed by atoms with Crippen LogP contribution in [0.25, 0.3) is 0 Å². The van der Waals surface area contributed by atoms with E-state index >= 15 is 0 Å². The number of amides is 1. The van der Waals surface area contributed by atoms with E-state index in [1.807, 2.05) is 25.1 Å². The van der Waals surface area contributed by atoms with Gasteiger partial charge in [0, 0.05) is 15.7 Å². The Morgan fingerprint density at radius 2 is 1.73 bits per heavy atom. The van der Waals surface area contributed by atoms with Crippen molar-refractivity contribution in [1.82, 2.24) is 0 Å². The molecule has 4 nitrogen and oxygen atoms in total. The van der Waals surface area contributed by atoms with Crippen molar-refractivity contribution in [3.63, 3.8) is 0 Å². The molecule has 1 amide bonds. The second-order valence-electron chi connectivity index (χ2n) is 7.17. The number of halogens is 1. The van der Waals surface area contributed by atoms with E-state index in [4.69, 9.17) is 0 Å². The number of aryl methyl sites for hydroxylation is 1. The van der Waals surface area contributed by atoms with Crippen LogP contribution in [0.5, 0.6) is 0 Å². The molecule has 3 N–H and O–H groups in total. The fraction of sp³-hybridized carbons (Fsp3) is 0.381. The second kappa shape index (κ2) is 9.31. The summed E-state index contributed by atoms with van der Waals surface area (Å²) in [6, 6.07) is 16.6. The number of carbonyl (C=O) groups excluding carboxylic acids is 1. The van der Waals surface area contributed by atoms with Crippen LogP contribution in [0.4, 0.5) is 5.69 Å². The first kappa shape index (κ1) is 19.1. The quantitative estimate of drug-likeness (QED) is 0.645. The third-order valence-corrected chi connectivity index (χ3v) is 6.00. The Balaban J connectivity index is 1.38. The minimum atomic E-state index is 0.110. The number of hydrogen-bond acceptors (Lipinski definition) is 1. The van der Waals surface area contributed by atoms with Gasteiger partial charge in [0.25, 0.3) is 0 Å². The predicted octanol–water partition coefficient (Wildman–Crippen LogP) is 1.07. The van der Waals surface area contributed by atoms with Crippen molar-refractivity contribution < 1.29 is 14.6 Å². The molecule has 0 saturated carbocycles. The largest absolute Gasteiger partial charge is 0.326 e. The molecule has 0 radical (unpaired) electrons. The molecule has 5 heteroatoms. The van der Waals surface area contributed by atoms with Gasteiger partial charge in [-0.3, -0.25) is 4.79 Å². The highest BCUT2D eigenvalue weighted by atomic mass is 79.9. The maximum atomic E-state index is 12.2. The second-order valence-corrected chi connectivity index (χ2v) is 8.03. The van der Waals surface area contributed by atoms with Crippen LogP contribution in [0.2, 0.25) is 0 Å². The maximum Gasteiger partial charge on any atom is 0.230 e. The summed E-state index contributed by atoms with van der Waals surface area (Å²) in [6.07, 6.45) is 0.582. The number of nitrogens with one attached hydrogen (secondary N) is 3. The van der Waals surface area contributed by atoms with Crippen molar-refractivity contribution in [3.05, 3.63) is 64.1 Å². The molecule has 1 saturated heterocycles. The Labute approximate surface area is 164 Å². The summed E-state index contributed by atoms with van der Waals surface area (Å²) in [7, 11) is 0. The number of anilines is 1. The number of benzene rings is 2. The van der Waals surface area contributed by atoms with Gasteiger partial charge in [-0.05, 0) is 30.7 Å². The zero-order valence-corrected chi connectivity index (χ0v) is 16.9. The monoisotopic (exact) mass is 417 g/mol. The minimum absolute atomic E-state index is 0.110. The van der Waals surface area contributed by atoms with E-state index in [1.165, 1.54) is 18.7 Å². The lowest BCUT2D eigenvalue weighted by Gasteiger charge is -2.29. The van der Waals surface area contributed by atoms with Gasteiger partial charge in [0.15, 0.2) is 0 Å². The van der Waals surface area contributed by atoms with Gasteiger partial charge in [-0.15, -0.1) is 0 Å². The molecule has 26 heavy (non-hydrogen) atoms. The van der Waals surface area contributed by atoms with E-state index in [1.54, 1.807) is 9.80 Å². The van der Waals surface area contributed by atoms with E-state index in [2.05, 4.69) is 51.6 Å². The molecule has 0 aromatic heterocycles. The zero-order chi connectivity index (χ0) is 18.4. The lowest BCUT2D eigenvalue weighted by molar-refractivity contribution is -1.02. The van der Waals surface area contributed by atoms with Crippen molar-refractivity contribution in [2.24, 2.45) is 0 Å². The summed E-state index contributed by atoms with van der Waals surface area (Å²) >= 11 is 3.49. The van der Waals surface area contributed by atoms with Crippen LogP contribution in [0, 0.1) is 6.92 Å². The van der Waals surface area contributed by atoms with Gasteiger partial charge >= 0.3 is 0 Å². The van der Waals surface area contributed by atoms with Gasteiger partial charge in [0.2, 0.25) is 5.91 Å². The highest BCUT2D eigenvalue weighted by molar-refractivity contribution is 9.10. The molecule has 0 unspecified atom stereocenters. The molecule has 1 fully saturated rings. The van der Waals surface area contributed by atoms with E-state index < -0.39 is 0 Å². The van der Waals surface area contributed by atoms with Gasteiger partial charge in [-0.2, -0.15) is 0 Å². The van der Waals surface area contributed by atoms with Crippen LogP contribution in [-0.2, 0) is 11.3 Å². The van der Waals surface area contributed by atoms with Crippen molar-refractivity contribution in [2.75, 3.05) is 38.0 Å². The van der Waals surface area contributed by atoms with E-state index in [-0.39, 0.29) is 5.91 Å². The first-order valence-corrected chi connectivity index (χ1v) is 10.2. The number of hydrogen-bond donors (Lipinski definition) is 3. The summed E-state index contributed by atoms with van der Waals surface area (Å²) in [5.74, 6) is 0.110. The van der Waals surface area contributed by atoms with E-state index in [0.717, 1.165) is 41.9 Å². The Bertz CT molecular complexity index is 727. The average Bonchev–Trinajstić information content (AvgIpc) is 2.65. The number of rotatable bonds is 6. The average molecular weight is 418 g/mol. The smallest absolute Gasteiger partial charge is 0.230 e. The first-order valence-electron chi connectivity index (χ1n) is 9.37. The number of quaternary nitrogens is 2. The molecular formula is C21H28BrN3O+2. The molecule has 1 aliphatic rings. The highest BCUT2D eigenvalue weighted by Crippen LogP contribution is 2.19. The Morgan fingerprint density at radius 3 is 2.42 bits per heavy atom. The van der Waals surface area contributed by atoms with Gasteiger partial charge in [0.05, 0.1) is 13.0 Å². The molecule has 0 spiro atoms. The fourth-order valence-corrected chi connectivity index (χ4v) is 3.75. The lowest BCUT2D eigenvalue weighted by Crippen LogP contribution is -3.27. The van der Waals surface area contributed by atoms with Crippen molar-refractivity contribution in [3.8, 4) is 0 Å². The molecule has 1 aliphatic heterocycles. The predicted molar refractivity (Wildman–Crippen MR) is 109 cm³/mol. The molecular weight excluding hydrogens is 390 g/mol. The van der Waals surface area contributed by atoms with Crippen LogP contribution in [0.1, 0.15) is 17.5 Å². The lowest BCUT2D eigenvalue weighted by atomic mass is 10.2. The van der Waals surface area contributed by atoms with Gasteiger partial charge < -0.3 is 15.1 Å². The Hall–Kier alpha value is -1.69. The third kappa shape index (κ3) is 5.66. The van der Waals surface area contributed by atoms with Crippen molar-refractivity contribution in [1.29, 1.82) is 0 Å². The van der Waals surface area contributed by atoms with Gasteiger partial charge in [-0.1, -0.05) is 46.3 Å². The zero-order valence-electron chi connectivity index (χ0n) is 15.4. The van der Waals surface area contributed by atoms with E-state index in [9.17, 15) is 4.79 Å². The molecule has 3 rings (SSSR count). The van der Waals surface area contributed by atoms with Crippen molar-refractivity contribution in [2.45, 2.75) is 19.9 Å². The SMILES string of the molecule is Cc1cc(NC(=O)CC[NH+]2CC[NH+](Cc3ccccc3)CC2)ccc1Br. The summed E-state index contributed by atoms with van der Waals surface area (Å²) in [6.45, 7) is 8.70. The van der Waals surface area contributed by atoms with Crippen molar-refractivity contribution >= 4 is 27.5 Å². The van der Waals surface area contributed by atoms with Crippen LogP contribution < -0.4 is 15.1 Å². The molecule has 138 valence electrons. The molecule has 2 aromatic rings. The topological polar surface area (TPSA) is 38.0 Å². The van der Waals surface area contributed by atoms with Crippen LogP contribution >= 0.6 is 15.9 Å². The van der Waals surface area contributed by atoms with Crippen LogP contribution in [0.3, 0.4) is 0 Å². The number of piperazine rings is 1. The summed E-state index contributed by atoms with van der Waals surface area (Å²) in [4.78, 5) is 15.4. The van der Waals surface area contributed by atoms with Crippen LogP contribution in [-0.4, -0.2) is 38.6 Å². The minimum Gasteiger partial charge on any atom is -0.326 e. The highest BCUT2D eigenvalue weighted by Gasteiger charge is 2.23. The van der Waals surface area contributed by atoms with Crippen LogP contribution in [0.15, 0.2) is 53.0 Å². The molecule has 2 aromatic carbocycles. The summed E-state index contributed by atoms with van der Waals surface area (Å²) in [5.41, 5.74) is 3.42. The third-order valence-electron chi connectivity index (χ3n) is 5.11. The molecule has 0 aliphatic carbocycles. The van der Waals surface area contributed by atoms with E-state index in [0.29, 0.717) is 6.42 Å². The van der Waals surface area contributed by atoms with Gasteiger partial charge in [0.1, 0.15) is 32.7 Å². The first-order chi connectivity index (χ1) is 12.6. The Morgan fingerprint density at radius 1 is 1.04 bits per heavy atom. The number of carbonyl (C=O) groups is 1.